The first kappa shape index (κ1) is 25.6. The van der Waals surface area contributed by atoms with E-state index in [4.69, 9.17) is 0 Å². The van der Waals surface area contributed by atoms with Crippen LogP contribution in [-0.2, 0) is 16.3 Å². The Morgan fingerprint density at radius 2 is 1.89 bits per heavy atom. The maximum Gasteiger partial charge on any atom is 0.251 e. The van der Waals surface area contributed by atoms with E-state index in [1.54, 1.807) is 6.20 Å². The summed E-state index contributed by atoms with van der Waals surface area (Å²) in [4.78, 5) is 12.9. The molecule has 0 aliphatic carbocycles. The van der Waals surface area contributed by atoms with Crippen molar-refractivity contribution in [2.75, 3.05) is 25.4 Å². The lowest BCUT2D eigenvalue weighted by Gasteiger charge is -2.22. The van der Waals surface area contributed by atoms with Crippen molar-refractivity contribution in [2.45, 2.75) is 30.6 Å². The summed E-state index contributed by atoms with van der Waals surface area (Å²) < 4.78 is 39.9. The largest absolute Gasteiger partial charge is 0.352 e. The number of carbonyl (C=O) groups is 1. The Balaban J connectivity index is 1.55. The predicted molar refractivity (Wildman–Crippen MR) is 136 cm³/mol. The molecular formula is C27H29FN4O3S. The Morgan fingerprint density at radius 1 is 1.11 bits per heavy atom. The highest BCUT2D eigenvalue weighted by atomic mass is 32.2. The topological polar surface area (TPSA) is 104 Å². The molecule has 2 aromatic carbocycles. The van der Waals surface area contributed by atoms with Crippen molar-refractivity contribution in [3.8, 4) is 11.8 Å². The van der Waals surface area contributed by atoms with E-state index >= 15 is 0 Å². The van der Waals surface area contributed by atoms with E-state index in [-0.39, 0.29) is 33.9 Å². The number of aromatic amines is 1. The lowest BCUT2D eigenvalue weighted by molar-refractivity contribution is 0.0953. The maximum absolute atomic E-state index is 13.3. The van der Waals surface area contributed by atoms with E-state index in [0.29, 0.717) is 17.7 Å². The Hall–Kier alpha value is -3.48. The third-order valence-electron chi connectivity index (χ3n) is 6.16. The van der Waals surface area contributed by atoms with Gasteiger partial charge in [-0.05, 0) is 92.7 Å². The van der Waals surface area contributed by atoms with Crippen LogP contribution in [0.1, 0.15) is 46.3 Å². The molecule has 0 atom stereocenters. The third kappa shape index (κ3) is 7.03. The number of aryl methyl sites for hydroxylation is 1. The van der Waals surface area contributed by atoms with Gasteiger partial charge >= 0.3 is 0 Å². The van der Waals surface area contributed by atoms with Gasteiger partial charge in [0.1, 0.15) is 5.82 Å². The lowest BCUT2D eigenvalue weighted by Crippen LogP contribution is -2.31. The standard InChI is InChI=1S/C27H29FN4O3S/c28-25-8-4-20(5-9-25)3-6-23-16-24(27(33)30-13-1-2-22-17-31-32-18-22)7-10-26(23)36(34,35)19-21-11-14-29-15-12-21/h4-5,7-10,16-18,21,29H,1-2,11-15,19H2,(H,30,33)(H,31,32). The molecule has 3 N–H and O–H groups in total. The molecule has 2 heterocycles. The van der Waals surface area contributed by atoms with E-state index in [1.807, 2.05) is 6.20 Å². The molecule has 0 unspecified atom stereocenters. The number of aromatic nitrogens is 2. The number of amides is 1. The fourth-order valence-corrected chi connectivity index (χ4v) is 6.03. The maximum atomic E-state index is 13.3. The first-order chi connectivity index (χ1) is 17.4. The molecule has 1 aromatic heterocycles. The van der Waals surface area contributed by atoms with E-state index in [2.05, 4.69) is 32.7 Å². The lowest BCUT2D eigenvalue weighted by atomic mass is 10.0. The second-order valence-electron chi connectivity index (χ2n) is 8.91. The van der Waals surface area contributed by atoms with Gasteiger partial charge in [0.2, 0.25) is 0 Å². The number of halogens is 1. The minimum Gasteiger partial charge on any atom is -0.352 e. The van der Waals surface area contributed by atoms with Crippen molar-refractivity contribution in [3.63, 3.8) is 0 Å². The Morgan fingerprint density at radius 3 is 2.61 bits per heavy atom. The molecule has 1 aliphatic rings. The molecule has 4 rings (SSSR count). The Bertz CT molecular complexity index is 1340. The van der Waals surface area contributed by atoms with Gasteiger partial charge in [-0.25, -0.2) is 12.8 Å². The average Bonchev–Trinajstić information content (AvgIpc) is 3.40. The van der Waals surface area contributed by atoms with Gasteiger partial charge in [0.15, 0.2) is 9.84 Å². The first-order valence-electron chi connectivity index (χ1n) is 12.0. The molecule has 1 saturated heterocycles. The van der Waals surface area contributed by atoms with Crippen LogP contribution in [0.15, 0.2) is 59.8 Å². The molecule has 0 bridgehead atoms. The Labute approximate surface area is 210 Å². The van der Waals surface area contributed by atoms with Crippen LogP contribution in [-0.4, -0.2) is 49.9 Å². The minimum absolute atomic E-state index is 0.0411. The summed E-state index contributed by atoms with van der Waals surface area (Å²) in [6, 6.07) is 10.2. The molecule has 3 aromatic rings. The van der Waals surface area contributed by atoms with E-state index in [1.165, 1.54) is 42.5 Å². The fourth-order valence-electron chi connectivity index (χ4n) is 4.17. The average molecular weight is 509 g/mol. The van der Waals surface area contributed by atoms with Crippen LogP contribution < -0.4 is 10.6 Å². The minimum atomic E-state index is -3.62. The van der Waals surface area contributed by atoms with Crippen LogP contribution in [0, 0.1) is 23.6 Å². The van der Waals surface area contributed by atoms with Crippen LogP contribution in [0.5, 0.6) is 0 Å². The molecule has 1 aliphatic heterocycles. The summed E-state index contributed by atoms with van der Waals surface area (Å²) in [6.45, 7) is 2.07. The summed E-state index contributed by atoms with van der Waals surface area (Å²) >= 11 is 0. The molecule has 0 radical (unpaired) electrons. The highest BCUT2D eigenvalue weighted by molar-refractivity contribution is 7.91. The number of sulfone groups is 1. The van der Waals surface area contributed by atoms with Gasteiger partial charge in [-0.1, -0.05) is 11.8 Å². The van der Waals surface area contributed by atoms with Crippen LogP contribution >= 0.6 is 0 Å². The molecule has 1 fully saturated rings. The summed E-state index contributed by atoms with van der Waals surface area (Å²) in [5, 5.41) is 12.8. The van der Waals surface area contributed by atoms with Crippen molar-refractivity contribution in [2.24, 2.45) is 5.92 Å². The third-order valence-corrected chi connectivity index (χ3v) is 8.10. The fraction of sp³-hybridized carbons (Fsp3) is 0.333. The van der Waals surface area contributed by atoms with Gasteiger partial charge in [-0.2, -0.15) is 5.10 Å². The smallest absolute Gasteiger partial charge is 0.251 e. The zero-order valence-electron chi connectivity index (χ0n) is 19.9. The van der Waals surface area contributed by atoms with Crippen LogP contribution in [0.3, 0.4) is 0 Å². The number of hydrogen-bond donors (Lipinski definition) is 3. The molecule has 7 nitrogen and oxygen atoms in total. The van der Waals surface area contributed by atoms with Crippen molar-refractivity contribution in [1.29, 1.82) is 0 Å². The second kappa shape index (κ2) is 12.0. The van der Waals surface area contributed by atoms with Gasteiger partial charge < -0.3 is 10.6 Å². The van der Waals surface area contributed by atoms with Gasteiger partial charge in [0.25, 0.3) is 5.91 Å². The summed E-state index contributed by atoms with van der Waals surface area (Å²) in [5.41, 5.74) is 2.21. The highest BCUT2D eigenvalue weighted by Gasteiger charge is 2.25. The van der Waals surface area contributed by atoms with Crippen LogP contribution in [0.4, 0.5) is 4.39 Å². The number of carbonyl (C=O) groups excluding carboxylic acids is 1. The number of benzene rings is 2. The van der Waals surface area contributed by atoms with Crippen molar-refractivity contribution in [3.05, 3.63) is 82.9 Å². The van der Waals surface area contributed by atoms with Gasteiger partial charge in [0, 0.05) is 29.4 Å². The predicted octanol–water partition coefficient (Wildman–Crippen LogP) is 3.08. The molecule has 36 heavy (non-hydrogen) atoms. The summed E-state index contributed by atoms with van der Waals surface area (Å²) in [5.74, 6) is 5.27. The molecule has 1 amide bonds. The normalized spacial score (nSPS) is 14.1. The van der Waals surface area contributed by atoms with E-state index in [9.17, 15) is 17.6 Å². The van der Waals surface area contributed by atoms with Crippen LogP contribution in [0.25, 0.3) is 0 Å². The van der Waals surface area contributed by atoms with Crippen molar-refractivity contribution >= 4 is 15.7 Å². The van der Waals surface area contributed by atoms with Gasteiger partial charge in [-0.3, -0.25) is 9.89 Å². The molecular weight excluding hydrogens is 479 g/mol. The highest BCUT2D eigenvalue weighted by Crippen LogP contribution is 2.24. The molecule has 9 heteroatoms. The number of piperidine rings is 1. The first-order valence-corrected chi connectivity index (χ1v) is 13.7. The summed E-state index contributed by atoms with van der Waals surface area (Å²) in [6.07, 6.45) is 6.68. The zero-order valence-corrected chi connectivity index (χ0v) is 20.7. The monoisotopic (exact) mass is 508 g/mol. The summed E-state index contributed by atoms with van der Waals surface area (Å²) in [7, 11) is -3.62. The number of nitrogens with zero attached hydrogens (tertiary/aromatic N) is 1. The van der Waals surface area contributed by atoms with E-state index < -0.39 is 9.84 Å². The second-order valence-corrected chi connectivity index (χ2v) is 10.9. The molecule has 0 saturated carbocycles. The number of hydrogen-bond acceptors (Lipinski definition) is 5. The van der Waals surface area contributed by atoms with Crippen LogP contribution in [0.2, 0.25) is 0 Å². The van der Waals surface area contributed by atoms with Crippen molar-refractivity contribution < 1.29 is 17.6 Å². The van der Waals surface area contributed by atoms with Gasteiger partial charge in [-0.15, -0.1) is 0 Å². The van der Waals surface area contributed by atoms with Gasteiger partial charge in [0.05, 0.1) is 16.8 Å². The number of rotatable bonds is 8. The van der Waals surface area contributed by atoms with Crippen molar-refractivity contribution in [1.82, 2.24) is 20.8 Å². The quantitative estimate of drug-likeness (QED) is 0.321. The number of nitrogens with one attached hydrogen (secondary N) is 3. The zero-order chi connectivity index (χ0) is 25.4. The number of H-pyrrole nitrogens is 1. The molecule has 188 valence electrons. The Kier molecular flexibility index (Phi) is 8.52. The van der Waals surface area contributed by atoms with E-state index in [0.717, 1.165) is 44.3 Å². The molecule has 0 spiro atoms. The SMILES string of the molecule is O=C(NCCCc1cn[nH]c1)c1ccc(S(=O)(=O)CC2CCNCC2)c(C#Cc2ccc(F)cc2)c1.